The average molecular weight is 290 g/mol. The van der Waals surface area contributed by atoms with E-state index in [0.29, 0.717) is 17.8 Å². The molecule has 2 atom stereocenters. The van der Waals surface area contributed by atoms with Crippen LogP contribution in [0.4, 0.5) is 5.82 Å². The minimum absolute atomic E-state index is 0.0381. The van der Waals surface area contributed by atoms with Gasteiger partial charge in [0.25, 0.3) is 5.91 Å². The zero-order valence-corrected chi connectivity index (χ0v) is 13.3. The van der Waals surface area contributed by atoms with Gasteiger partial charge in [-0.25, -0.2) is 9.97 Å². The molecule has 0 saturated carbocycles. The molecule has 1 N–H and O–H groups in total. The number of aromatic nitrogens is 2. The topological polar surface area (TPSA) is 58.1 Å². The van der Waals surface area contributed by atoms with Gasteiger partial charge in [-0.3, -0.25) is 4.79 Å². The van der Waals surface area contributed by atoms with E-state index in [-0.39, 0.29) is 5.91 Å². The number of nitrogens with zero attached hydrogens (tertiary/aromatic N) is 3. The van der Waals surface area contributed by atoms with Crippen LogP contribution in [0.2, 0.25) is 0 Å². The van der Waals surface area contributed by atoms with Crippen LogP contribution in [0.5, 0.6) is 0 Å². The number of rotatable bonds is 5. The molecule has 21 heavy (non-hydrogen) atoms. The lowest BCUT2D eigenvalue weighted by Crippen LogP contribution is -2.43. The predicted molar refractivity (Wildman–Crippen MR) is 84.4 cm³/mol. The lowest BCUT2D eigenvalue weighted by molar-refractivity contribution is 0.0602. The molecule has 1 aliphatic heterocycles. The fraction of sp³-hybridized carbons (Fsp3) is 0.688. The molecule has 1 aliphatic rings. The van der Waals surface area contributed by atoms with Crippen LogP contribution in [0.3, 0.4) is 0 Å². The summed E-state index contributed by atoms with van der Waals surface area (Å²) in [6.07, 6.45) is 6.90. The molecule has 0 spiro atoms. The van der Waals surface area contributed by atoms with E-state index in [0.717, 1.165) is 38.0 Å². The zero-order valence-electron chi connectivity index (χ0n) is 13.3. The van der Waals surface area contributed by atoms with Gasteiger partial charge in [-0.1, -0.05) is 13.8 Å². The van der Waals surface area contributed by atoms with Crippen molar-refractivity contribution in [2.24, 2.45) is 0 Å². The summed E-state index contributed by atoms with van der Waals surface area (Å²) in [4.78, 5) is 23.0. The number of carbonyl (C=O) groups excluding carboxylic acids is 1. The highest BCUT2D eigenvalue weighted by Gasteiger charge is 2.27. The van der Waals surface area contributed by atoms with Crippen molar-refractivity contribution < 1.29 is 4.79 Å². The smallest absolute Gasteiger partial charge is 0.272 e. The minimum Gasteiger partial charge on any atom is -0.368 e. The third kappa shape index (κ3) is 3.93. The molecule has 2 unspecified atom stereocenters. The Labute approximate surface area is 127 Å². The van der Waals surface area contributed by atoms with Gasteiger partial charge >= 0.3 is 0 Å². The van der Waals surface area contributed by atoms with Crippen LogP contribution in [0.25, 0.3) is 0 Å². The van der Waals surface area contributed by atoms with E-state index in [1.807, 2.05) is 4.90 Å². The highest BCUT2D eigenvalue weighted by Crippen LogP contribution is 2.21. The van der Waals surface area contributed by atoms with Gasteiger partial charge in [0.05, 0.1) is 0 Å². The maximum atomic E-state index is 12.7. The maximum Gasteiger partial charge on any atom is 0.272 e. The predicted octanol–water partition coefficient (Wildman–Crippen LogP) is 3.09. The van der Waals surface area contributed by atoms with E-state index in [2.05, 4.69) is 36.1 Å². The van der Waals surface area contributed by atoms with Crippen molar-refractivity contribution in [1.29, 1.82) is 0 Å². The first-order valence-electron chi connectivity index (χ1n) is 8.05. The molecule has 0 bridgehead atoms. The van der Waals surface area contributed by atoms with Gasteiger partial charge in [0.1, 0.15) is 17.8 Å². The normalized spacial score (nSPS) is 20.1. The van der Waals surface area contributed by atoms with E-state index < -0.39 is 0 Å². The van der Waals surface area contributed by atoms with Gasteiger partial charge in [-0.05, 0) is 39.0 Å². The molecule has 0 radical (unpaired) electrons. The van der Waals surface area contributed by atoms with Crippen molar-refractivity contribution in [3.63, 3.8) is 0 Å². The third-order valence-electron chi connectivity index (χ3n) is 4.25. The third-order valence-corrected chi connectivity index (χ3v) is 4.25. The van der Waals surface area contributed by atoms with Gasteiger partial charge in [-0.2, -0.15) is 0 Å². The molecule has 1 fully saturated rings. The van der Waals surface area contributed by atoms with E-state index in [1.165, 1.54) is 12.7 Å². The van der Waals surface area contributed by atoms with Gasteiger partial charge in [0.2, 0.25) is 0 Å². The maximum absolute atomic E-state index is 12.7. The molecule has 1 amide bonds. The van der Waals surface area contributed by atoms with Crippen LogP contribution < -0.4 is 5.32 Å². The molecule has 1 aromatic heterocycles. The summed E-state index contributed by atoms with van der Waals surface area (Å²) in [7, 11) is 0. The number of amides is 1. The summed E-state index contributed by atoms with van der Waals surface area (Å²) in [5.74, 6) is 0.768. The number of likely N-dealkylation sites (tertiary alicyclic amines) is 1. The Kier molecular flexibility index (Phi) is 5.53. The second kappa shape index (κ2) is 7.38. The van der Waals surface area contributed by atoms with Crippen LogP contribution in [0.1, 0.15) is 63.4 Å². The van der Waals surface area contributed by atoms with Gasteiger partial charge in [0.15, 0.2) is 0 Å². The SMILES string of the molecule is CCC(C)Nc1cc(C(=O)N2CCCCC2CC)ncn1. The van der Waals surface area contributed by atoms with E-state index in [1.54, 1.807) is 6.07 Å². The molecular weight excluding hydrogens is 264 g/mol. The Hall–Kier alpha value is -1.65. The quantitative estimate of drug-likeness (QED) is 0.905. The summed E-state index contributed by atoms with van der Waals surface area (Å²) >= 11 is 0. The minimum atomic E-state index is 0.0381. The Balaban J connectivity index is 2.13. The molecule has 0 aromatic carbocycles. The summed E-state index contributed by atoms with van der Waals surface area (Å²) in [6.45, 7) is 7.20. The largest absolute Gasteiger partial charge is 0.368 e. The van der Waals surface area contributed by atoms with Gasteiger partial charge in [0, 0.05) is 24.7 Å². The van der Waals surface area contributed by atoms with Crippen LogP contribution in [-0.4, -0.2) is 39.4 Å². The van der Waals surface area contributed by atoms with Crippen LogP contribution in [-0.2, 0) is 0 Å². The summed E-state index contributed by atoms with van der Waals surface area (Å²) in [6, 6.07) is 2.46. The second-order valence-corrected chi connectivity index (χ2v) is 5.80. The molecule has 2 heterocycles. The van der Waals surface area contributed by atoms with Crippen LogP contribution in [0.15, 0.2) is 12.4 Å². The molecule has 5 heteroatoms. The van der Waals surface area contributed by atoms with Crippen molar-refractivity contribution in [2.75, 3.05) is 11.9 Å². The zero-order chi connectivity index (χ0) is 15.2. The number of nitrogens with one attached hydrogen (secondary N) is 1. The van der Waals surface area contributed by atoms with Crippen molar-refractivity contribution in [3.05, 3.63) is 18.1 Å². The number of anilines is 1. The highest BCUT2D eigenvalue weighted by molar-refractivity contribution is 5.93. The Bertz CT molecular complexity index is 477. The number of hydrogen-bond donors (Lipinski definition) is 1. The molecule has 116 valence electrons. The van der Waals surface area contributed by atoms with Crippen molar-refractivity contribution in [3.8, 4) is 0 Å². The monoisotopic (exact) mass is 290 g/mol. The summed E-state index contributed by atoms with van der Waals surface area (Å²) in [5, 5.41) is 3.29. The lowest BCUT2D eigenvalue weighted by atomic mass is 9.99. The fourth-order valence-electron chi connectivity index (χ4n) is 2.75. The van der Waals surface area contributed by atoms with Crippen LogP contribution in [0, 0.1) is 0 Å². The van der Waals surface area contributed by atoms with E-state index in [9.17, 15) is 4.79 Å². The number of piperidine rings is 1. The Morgan fingerprint density at radius 3 is 2.95 bits per heavy atom. The Morgan fingerprint density at radius 1 is 1.43 bits per heavy atom. The van der Waals surface area contributed by atoms with E-state index in [4.69, 9.17) is 0 Å². The molecule has 2 rings (SSSR count). The number of hydrogen-bond acceptors (Lipinski definition) is 4. The number of carbonyl (C=O) groups is 1. The molecule has 5 nitrogen and oxygen atoms in total. The van der Waals surface area contributed by atoms with Gasteiger partial charge < -0.3 is 10.2 Å². The summed E-state index contributed by atoms with van der Waals surface area (Å²) < 4.78 is 0. The fourth-order valence-corrected chi connectivity index (χ4v) is 2.75. The molecule has 0 aliphatic carbocycles. The second-order valence-electron chi connectivity index (χ2n) is 5.80. The van der Waals surface area contributed by atoms with Gasteiger partial charge in [-0.15, -0.1) is 0 Å². The first-order chi connectivity index (χ1) is 10.2. The van der Waals surface area contributed by atoms with Crippen molar-refractivity contribution in [2.45, 2.75) is 65.0 Å². The summed E-state index contributed by atoms with van der Waals surface area (Å²) in [5.41, 5.74) is 0.496. The average Bonchev–Trinajstić information content (AvgIpc) is 2.54. The molecule has 1 saturated heterocycles. The molecular formula is C16H26N4O. The standard InChI is InChI=1S/C16H26N4O/c1-4-12(3)19-15-10-14(17-11-18-15)16(21)20-9-7-6-8-13(20)5-2/h10-13H,4-9H2,1-3H3,(H,17,18,19). The first-order valence-corrected chi connectivity index (χ1v) is 8.05. The molecule has 1 aromatic rings. The highest BCUT2D eigenvalue weighted by atomic mass is 16.2. The Morgan fingerprint density at radius 2 is 2.24 bits per heavy atom. The van der Waals surface area contributed by atoms with Crippen molar-refractivity contribution >= 4 is 11.7 Å². The first kappa shape index (κ1) is 15.7. The van der Waals surface area contributed by atoms with Crippen LogP contribution >= 0.6 is 0 Å². The lowest BCUT2D eigenvalue weighted by Gasteiger charge is -2.35. The van der Waals surface area contributed by atoms with E-state index >= 15 is 0 Å². The van der Waals surface area contributed by atoms with Crippen molar-refractivity contribution in [1.82, 2.24) is 14.9 Å².